The number of hydrogen-bond donors (Lipinski definition) is 1. The fourth-order valence-electron chi connectivity index (χ4n) is 2.00. The summed E-state index contributed by atoms with van der Waals surface area (Å²) in [5.41, 5.74) is 0.650. The normalized spacial score (nSPS) is 11.7. The van der Waals surface area contributed by atoms with Crippen molar-refractivity contribution in [3.8, 4) is 11.5 Å². The third-order valence-corrected chi connectivity index (χ3v) is 2.82. The SMILES string of the molecule is CN(CC(=O)NC(C)(C)C)Cc1nnc(-c2ccccc2)o1. The zero-order chi connectivity index (χ0) is 16.2. The second-order valence-electron chi connectivity index (χ2n) is 6.34. The first-order chi connectivity index (χ1) is 10.3. The predicted octanol–water partition coefficient (Wildman–Crippen LogP) is 2.08. The maximum absolute atomic E-state index is 11.9. The predicted molar refractivity (Wildman–Crippen MR) is 84.0 cm³/mol. The molecular formula is C16H22N4O2. The summed E-state index contributed by atoms with van der Waals surface area (Å²) in [4.78, 5) is 13.7. The lowest BCUT2D eigenvalue weighted by molar-refractivity contribution is -0.123. The molecule has 0 saturated heterocycles. The molecule has 0 unspecified atom stereocenters. The fourth-order valence-corrected chi connectivity index (χ4v) is 2.00. The molecular weight excluding hydrogens is 280 g/mol. The summed E-state index contributed by atoms with van der Waals surface area (Å²) in [7, 11) is 1.84. The maximum atomic E-state index is 11.9. The molecule has 0 aliphatic carbocycles. The van der Waals surface area contributed by atoms with E-state index in [9.17, 15) is 4.79 Å². The third-order valence-electron chi connectivity index (χ3n) is 2.82. The summed E-state index contributed by atoms with van der Waals surface area (Å²) in [6, 6.07) is 9.60. The molecule has 1 amide bonds. The lowest BCUT2D eigenvalue weighted by Gasteiger charge is -2.22. The quantitative estimate of drug-likeness (QED) is 0.915. The van der Waals surface area contributed by atoms with Crippen molar-refractivity contribution >= 4 is 5.91 Å². The molecule has 118 valence electrons. The molecule has 0 aliphatic rings. The zero-order valence-electron chi connectivity index (χ0n) is 13.5. The van der Waals surface area contributed by atoms with E-state index in [1.54, 1.807) is 0 Å². The van der Waals surface area contributed by atoms with Crippen LogP contribution in [0, 0.1) is 0 Å². The van der Waals surface area contributed by atoms with Crippen LogP contribution in [0.2, 0.25) is 0 Å². The van der Waals surface area contributed by atoms with E-state index in [1.807, 2.05) is 63.1 Å². The van der Waals surface area contributed by atoms with Gasteiger partial charge in [-0.25, -0.2) is 0 Å². The molecule has 1 N–H and O–H groups in total. The fraction of sp³-hybridized carbons (Fsp3) is 0.438. The van der Waals surface area contributed by atoms with Gasteiger partial charge in [0.05, 0.1) is 13.1 Å². The molecule has 1 heterocycles. The van der Waals surface area contributed by atoms with E-state index in [1.165, 1.54) is 0 Å². The Morgan fingerprint density at radius 2 is 1.91 bits per heavy atom. The number of carbonyl (C=O) groups excluding carboxylic acids is 1. The molecule has 0 spiro atoms. The number of hydrogen-bond acceptors (Lipinski definition) is 5. The van der Waals surface area contributed by atoms with E-state index in [-0.39, 0.29) is 18.0 Å². The molecule has 0 radical (unpaired) electrons. The Hall–Kier alpha value is -2.21. The van der Waals surface area contributed by atoms with Gasteiger partial charge in [-0.2, -0.15) is 0 Å². The molecule has 0 atom stereocenters. The van der Waals surface area contributed by atoms with Crippen LogP contribution in [0.3, 0.4) is 0 Å². The molecule has 0 fully saturated rings. The van der Waals surface area contributed by atoms with Crippen molar-refractivity contribution in [2.24, 2.45) is 0 Å². The van der Waals surface area contributed by atoms with E-state index < -0.39 is 0 Å². The standard InChI is InChI=1S/C16H22N4O2/c1-16(2,3)17-13(21)10-20(4)11-14-18-19-15(22-14)12-8-6-5-7-9-12/h5-9H,10-11H2,1-4H3,(H,17,21). The van der Waals surface area contributed by atoms with Gasteiger partial charge in [-0.1, -0.05) is 18.2 Å². The van der Waals surface area contributed by atoms with Crippen LogP contribution in [-0.4, -0.2) is 40.1 Å². The summed E-state index contributed by atoms with van der Waals surface area (Å²) in [5.74, 6) is 0.950. The second-order valence-corrected chi connectivity index (χ2v) is 6.34. The van der Waals surface area contributed by atoms with Gasteiger partial charge in [-0.05, 0) is 40.0 Å². The summed E-state index contributed by atoms with van der Waals surface area (Å²) < 4.78 is 5.63. The van der Waals surface area contributed by atoms with Crippen molar-refractivity contribution in [2.45, 2.75) is 32.9 Å². The summed E-state index contributed by atoms with van der Waals surface area (Å²) in [5, 5.41) is 11.0. The Morgan fingerprint density at radius 1 is 1.23 bits per heavy atom. The van der Waals surface area contributed by atoms with Crippen molar-refractivity contribution in [1.82, 2.24) is 20.4 Å². The van der Waals surface area contributed by atoms with Gasteiger partial charge in [0.25, 0.3) is 0 Å². The highest BCUT2D eigenvalue weighted by atomic mass is 16.4. The number of rotatable bonds is 5. The number of benzene rings is 1. The van der Waals surface area contributed by atoms with Gasteiger partial charge >= 0.3 is 0 Å². The highest BCUT2D eigenvalue weighted by Gasteiger charge is 2.16. The van der Waals surface area contributed by atoms with Crippen molar-refractivity contribution in [3.63, 3.8) is 0 Å². The Kier molecular flexibility index (Phi) is 4.92. The minimum absolute atomic E-state index is 0.0298. The number of aromatic nitrogens is 2. The van der Waals surface area contributed by atoms with Crippen LogP contribution in [0.25, 0.3) is 11.5 Å². The van der Waals surface area contributed by atoms with Crippen molar-refractivity contribution in [3.05, 3.63) is 36.2 Å². The molecule has 22 heavy (non-hydrogen) atoms. The monoisotopic (exact) mass is 302 g/mol. The van der Waals surface area contributed by atoms with Gasteiger partial charge in [-0.3, -0.25) is 9.69 Å². The highest BCUT2D eigenvalue weighted by molar-refractivity contribution is 5.78. The van der Waals surface area contributed by atoms with E-state index in [4.69, 9.17) is 4.42 Å². The number of nitrogens with zero attached hydrogens (tertiary/aromatic N) is 3. The molecule has 0 saturated carbocycles. The van der Waals surface area contributed by atoms with Crippen LogP contribution >= 0.6 is 0 Å². The Morgan fingerprint density at radius 3 is 2.55 bits per heavy atom. The minimum atomic E-state index is -0.233. The average molecular weight is 302 g/mol. The van der Waals surface area contributed by atoms with Crippen LogP contribution in [0.5, 0.6) is 0 Å². The van der Waals surface area contributed by atoms with E-state index in [2.05, 4.69) is 15.5 Å². The van der Waals surface area contributed by atoms with Gasteiger partial charge in [-0.15, -0.1) is 10.2 Å². The summed E-state index contributed by atoms with van der Waals surface area (Å²) in [6.07, 6.45) is 0. The maximum Gasteiger partial charge on any atom is 0.247 e. The first-order valence-corrected chi connectivity index (χ1v) is 7.21. The van der Waals surface area contributed by atoms with Crippen LogP contribution in [0.1, 0.15) is 26.7 Å². The van der Waals surface area contributed by atoms with Crippen molar-refractivity contribution in [1.29, 1.82) is 0 Å². The largest absolute Gasteiger partial charge is 0.419 e. The molecule has 6 nitrogen and oxygen atoms in total. The van der Waals surface area contributed by atoms with Crippen LogP contribution in [-0.2, 0) is 11.3 Å². The van der Waals surface area contributed by atoms with Crippen LogP contribution < -0.4 is 5.32 Å². The van der Waals surface area contributed by atoms with Crippen LogP contribution in [0.4, 0.5) is 0 Å². The summed E-state index contributed by atoms with van der Waals surface area (Å²) in [6.45, 7) is 6.57. The second kappa shape index (κ2) is 6.70. The van der Waals surface area contributed by atoms with Crippen LogP contribution in [0.15, 0.2) is 34.7 Å². The van der Waals surface area contributed by atoms with Gasteiger partial charge in [0.15, 0.2) is 0 Å². The van der Waals surface area contributed by atoms with E-state index in [0.717, 1.165) is 5.56 Å². The number of amides is 1. The molecule has 0 aliphatic heterocycles. The lowest BCUT2D eigenvalue weighted by atomic mass is 10.1. The molecule has 1 aromatic carbocycles. The van der Waals surface area contributed by atoms with Gasteiger partial charge in [0.1, 0.15) is 0 Å². The molecule has 2 rings (SSSR count). The highest BCUT2D eigenvalue weighted by Crippen LogP contribution is 2.17. The smallest absolute Gasteiger partial charge is 0.247 e. The molecule has 0 bridgehead atoms. The molecule has 2 aromatic rings. The third kappa shape index (κ3) is 4.96. The van der Waals surface area contributed by atoms with Gasteiger partial charge in [0, 0.05) is 11.1 Å². The minimum Gasteiger partial charge on any atom is -0.419 e. The van der Waals surface area contributed by atoms with Gasteiger partial charge in [0.2, 0.25) is 17.7 Å². The van der Waals surface area contributed by atoms with E-state index in [0.29, 0.717) is 18.3 Å². The Bertz CT molecular complexity index is 617. The first kappa shape index (κ1) is 16.2. The summed E-state index contributed by atoms with van der Waals surface area (Å²) >= 11 is 0. The lowest BCUT2D eigenvalue weighted by Crippen LogP contribution is -2.45. The average Bonchev–Trinajstić information content (AvgIpc) is 2.85. The first-order valence-electron chi connectivity index (χ1n) is 7.21. The van der Waals surface area contributed by atoms with E-state index >= 15 is 0 Å². The molecule has 6 heteroatoms. The topological polar surface area (TPSA) is 71.3 Å². The Labute approximate surface area is 130 Å². The number of nitrogens with one attached hydrogen (secondary N) is 1. The zero-order valence-corrected chi connectivity index (χ0v) is 13.5. The number of likely N-dealkylation sites (N-methyl/N-ethyl adjacent to an activating group) is 1. The van der Waals surface area contributed by atoms with Crippen molar-refractivity contribution < 1.29 is 9.21 Å². The van der Waals surface area contributed by atoms with Gasteiger partial charge < -0.3 is 9.73 Å². The van der Waals surface area contributed by atoms with Crippen molar-refractivity contribution in [2.75, 3.05) is 13.6 Å². The Balaban J connectivity index is 1.91. The number of carbonyl (C=O) groups is 1. The molecule has 1 aromatic heterocycles.